The minimum absolute atomic E-state index is 0.0343. The highest BCUT2D eigenvalue weighted by Gasteiger charge is 2.72. The van der Waals surface area contributed by atoms with E-state index in [9.17, 15) is 4.79 Å². The number of hydrogen-bond acceptors (Lipinski definition) is 7. The van der Waals surface area contributed by atoms with E-state index in [1.165, 1.54) is 5.57 Å². The molecule has 1 aromatic heterocycles. The van der Waals surface area contributed by atoms with Crippen molar-refractivity contribution in [2.45, 2.75) is 75.6 Å². The predicted octanol–water partition coefficient (Wildman–Crippen LogP) is 3.39. The number of hydrogen-bond donors (Lipinski definition) is 1. The summed E-state index contributed by atoms with van der Waals surface area (Å²) < 4.78 is 24.2. The SMILES string of the molecule is COC1C(OC(=O)N2CC(Nc3ccccn3)C2)CCC2(CO2)C1[C@@]1(C)O[C@@H]1CC=C(C)C. The van der Waals surface area contributed by atoms with E-state index in [1.807, 2.05) is 18.2 Å². The van der Waals surface area contributed by atoms with Crippen LogP contribution in [-0.4, -0.2) is 78.3 Å². The maximum Gasteiger partial charge on any atom is 0.410 e. The second-order valence-electron chi connectivity index (χ2n) is 10.3. The largest absolute Gasteiger partial charge is 0.443 e. The Kier molecular flexibility index (Phi) is 5.87. The summed E-state index contributed by atoms with van der Waals surface area (Å²) in [6.07, 6.45) is 5.73. The predicted molar refractivity (Wildman–Crippen MR) is 123 cm³/mol. The molecule has 1 amide bonds. The van der Waals surface area contributed by atoms with Crippen LogP contribution in [0.25, 0.3) is 0 Å². The van der Waals surface area contributed by atoms with Gasteiger partial charge < -0.3 is 29.2 Å². The number of carbonyl (C=O) groups is 1. The number of amides is 1. The van der Waals surface area contributed by atoms with Crippen LogP contribution < -0.4 is 5.32 Å². The Labute approximate surface area is 195 Å². The molecule has 4 unspecified atom stereocenters. The lowest BCUT2D eigenvalue weighted by Crippen LogP contribution is -2.60. The summed E-state index contributed by atoms with van der Waals surface area (Å²) in [6.45, 7) is 8.28. The van der Waals surface area contributed by atoms with Crippen molar-refractivity contribution in [3.8, 4) is 0 Å². The molecule has 6 atom stereocenters. The van der Waals surface area contributed by atoms with E-state index >= 15 is 0 Å². The lowest BCUT2D eigenvalue weighted by Gasteiger charge is -2.44. The van der Waals surface area contributed by atoms with Crippen LogP contribution in [-0.2, 0) is 18.9 Å². The van der Waals surface area contributed by atoms with Crippen molar-refractivity contribution in [3.63, 3.8) is 0 Å². The third-order valence-corrected chi connectivity index (χ3v) is 7.65. The van der Waals surface area contributed by atoms with Crippen LogP contribution in [0, 0.1) is 5.92 Å². The lowest BCUT2D eigenvalue weighted by molar-refractivity contribution is -0.123. The molecule has 4 fully saturated rings. The second-order valence-corrected chi connectivity index (χ2v) is 10.3. The highest BCUT2D eigenvalue weighted by molar-refractivity contribution is 5.69. The second kappa shape index (κ2) is 8.56. The van der Waals surface area contributed by atoms with Gasteiger partial charge >= 0.3 is 6.09 Å². The van der Waals surface area contributed by atoms with Crippen LogP contribution >= 0.6 is 0 Å². The molecule has 180 valence electrons. The number of nitrogens with zero attached hydrogens (tertiary/aromatic N) is 2. The van der Waals surface area contributed by atoms with Crippen molar-refractivity contribution >= 4 is 11.9 Å². The van der Waals surface area contributed by atoms with Gasteiger partial charge in [0, 0.05) is 26.4 Å². The smallest absolute Gasteiger partial charge is 0.410 e. The van der Waals surface area contributed by atoms with Gasteiger partial charge in [-0.3, -0.25) is 0 Å². The first-order chi connectivity index (χ1) is 15.8. The number of aromatic nitrogens is 1. The van der Waals surface area contributed by atoms with Crippen molar-refractivity contribution in [3.05, 3.63) is 36.0 Å². The molecule has 33 heavy (non-hydrogen) atoms. The number of nitrogens with one attached hydrogen (secondary N) is 1. The first-order valence-corrected chi connectivity index (χ1v) is 12.0. The molecule has 3 saturated heterocycles. The van der Waals surface area contributed by atoms with E-state index in [0.29, 0.717) is 13.1 Å². The van der Waals surface area contributed by atoms with E-state index in [1.54, 1.807) is 18.2 Å². The normalized spacial score (nSPS) is 37.3. The summed E-state index contributed by atoms with van der Waals surface area (Å²) in [7, 11) is 1.70. The number of rotatable bonds is 7. The van der Waals surface area contributed by atoms with Crippen LogP contribution in [0.15, 0.2) is 36.0 Å². The Hall–Kier alpha value is -2.16. The van der Waals surface area contributed by atoms with Crippen LogP contribution in [0.1, 0.15) is 40.0 Å². The summed E-state index contributed by atoms with van der Waals surface area (Å²) in [6, 6.07) is 5.93. The first-order valence-electron chi connectivity index (χ1n) is 12.0. The molecule has 1 aliphatic carbocycles. The fraction of sp³-hybridized carbons (Fsp3) is 0.680. The van der Waals surface area contributed by atoms with Gasteiger partial charge in [-0.1, -0.05) is 17.7 Å². The van der Waals surface area contributed by atoms with E-state index in [2.05, 4.69) is 37.1 Å². The Balaban J connectivity index is 1.20. The number of anilines is 1. The van der Waals surface area contributed by atoms with Gasteiger partial charge in [0.1, 0.15) is 29.2 Å². The zero-order valence-corrected chi connectivity index (χ0v) is 20.0. The molecule has 1 aromatic rings. The monoisotopic (exact) mass is 457 g/mol. The Morgan fingerprint density at radius 3 is 2.79 bits per heavy atom. The Morgan fingerprint density at radius 2 is 2.15 bits per heavy atom. The summed E-state index contributed by atoms with van der Waals surface area (Å²) in [5.41, 5.74) is 0.740. The molecule has 0 bridgehead atoms. The molecule has 1 saturated carbocycles. The Morgan fingerprint density at radius 1 is 1.36 bits per heavy atom. The third kappa shape index (κ3) is 4.36. The number of allylic oxidation sites excluding steroid dienone is 1. The quantitative estimate of drug-likeness (QED) is 0.496. The fourth-order valence-corrected chi connectivity index (χ4v) is 5.65. The number of methoxy groups -OCH3 is 1. The molecule has 1 N–H and O–H groups in total. The molecule has 1 spiro atoms. The maximum absolute atomic E-state index is 12.9. The highest BCUT2D eigenvalue weighted by atomic mass is 16.6. The van der Waals surface area contributed by atoms with Crippen LogP contribution in [0.4, 0.5) is 10.6 Å². The summed E-state index contributed by atoms with van der Waals surface area (Å²) >= 11 is 0. The average molecular weight is 458 g/mol. The minimum Gasteiger partial charge on any atom is -0.443 e. The van der Waals surface area contributed by atoms with Crippen molar-refractivity contribution < 1.29 is 23.7 Å². The maximum atomic E-state index is 12.9. The zero-order valence-electron chi connectivity index (χ0n) is 20.0. The molecule has 4 heterocycles. The minimum atomic E-state index is -0.331. The van der Waals surface area contributed by atoms with Crippen molar-refractivity contribution in [2.24, 2.45) is 5.92 Å². The van der Waals surface area contributed by atoms with Gasteiger partial charge in [0.25, 0.3) is 0 Å². The summed E-state index contributed by atoms with van der Waals surface area (Å²) in [5, 5.41) is 3.34. The van der Waals surface area contributed by atoms with Crippen molar-refractivity contribution in [1.29, 1.82) is 0 Å². The molecule has 3 aliphatic heterocycles. The topological polar surface area (TPSA) is 88.8 Å². The Bertz CT molecular complexity index is 895. The fourth-order valence-electron chi connectivity index (χ4n) is 5.65. The molecule has 5 rings (SSSR count). The van der Waals surface area contributed by atoms with Gasteiger partial charge in [-0.15, -0.1) is 0 Å². The molecular weight excluding hydrogens is 422 g/mol. The molecule has 4 aliphatic rings. The van der Waals surface area contributed by atoms with E-state index in [0.717, 1.165) is 31.7 Å². The van der Waals surface area contributed by atoms with Crippen molar-refractivity contribution in [2.75, 3.05) is 32.1 Å². The number of pyridine rings is 1. The molecule has 8 nitrogen and oxygen atoms in total. The molecule has 0 aromatic carbocycles. The number of carbonyl (C=O) groups excluding carboxylic acids is 1. The van der Waals surface area contributed by atoms with Gasteiger partial charge in [0.2, 0.25) is 0 Å². The van der Waals surface area contributed by atoms with Gasteiger partial charge in [-0.25, -0.2) is 9.78 Å². The third-order valence-electron chi connectivity index (χ3n) is 7.65. The highest BCUT2D eigenvalue weighted by Crippen LogP contribution is 2.59. The molecule has 8 heteroatoms. The van der Waals surface area contributed by atoms with E-state index < -0.39 is 0 Å². The average Bonchev–Trinajstić information content (AvgIpc) is 3.68. The lowest BCUT2D eigenvalue weighted by atomic mass is 9.68. The van der Waals surface area contributed by atoms with Gasteiger partial charge in [-0.05, 0) is 52.2 Å². The zero-order chi connectivity index (χ0) is 23.2. The van der Waals surface area contributed by atoms with E-state index in [-0.39, 0.29) is 47.6 Å². The van der Waals surface area contributed by atoms with Gasteiger partial charge in [0.15, 0.2) is 0 Å². The number of epoxide rings is 2. The number of ether oxygens (including phenoxy) is 4. The summed E-state index contributed by atoms with van der Waals surface area (Å²) in [4.78, 5) is 18.9. The van der Waals surface area contributed by atoms with Crippen LogP contribution in [0.5, 0.6) is 0 Å². The van der Waals surface area contributed by atoms with Crippen LogP contribution in [0.2, 0.25) is 0 Å². The molecule has 0 radical (unpaired) electrons. The van der Waals surface area contributed by atoms with E-state index in [4.69, 9.17) is 18.9 Å². The van der Waals surface area contributed by atoms with Gasteiger partial charge in [0.05, 0.1) is 24.7 Å². The standard InChI is InChI=1S/C25H35N3O5/c1-16(2)8-9-19-24(3,33-19)22-21(30-4)18(10-11-25(22)15-31-25)32-23(29)28-13-17(14-28)27-20-7-5-6-12-26-20/h5-8,12,17-19,21-22H,9-11,13-15H2,1-4H3,(H,26,27)/t18?,19-,21?,22?,24+,25?/m1/s1. The van der Waals surface area contributed by atoms with Gasteiger partial charge in [-0.2, -0.15) is 0 Å². The first kappa shape index (κ1) is 22.6. The molecular formula is C25H35N3O5. The van der Waals surface area contributed by atoms with Crippen molar-refractivity contribution in [1.82, 2.24) is 9.88 Å². The number of likely N-dealkylation sites (tertiary alicyclic amines) is 1. The van der Waals surface area contributed by atoms with Crippen LogP contribution in [0.3, 0.4) is 0 Å². The summed E-state index contributed by atoms with van der Waals surface area (Å²) in [5.74, 6) is 0.854.